The highest BCUT2D eigenvalue weighted by Crippen LogP contribution is 2.20. The largest absolute Gasteiger partial charge is 0.360 e. The fourth-order valence-corrected chi connectivity index (χ4v) is 3.14. The number of nitrogens with zero attached hydrogens (tertiary/aromatic N) is 4. The van der Waals surface area contributed by atoms with Crippen molar-refractivity contribution in [2.75, 3.05) is 11.9 Å². The Labute approximate surface area is 135 Å². The molecule has 0 radical (unpaired) electrons. The third kappa shape index (κ3) is 3.01. The fourth-order valence-electron chi connectivity index (χ4n) is 3.14. The Morgan fingerprint density at radius 2 is 2.17 bits per heavy atom. The maximum Gasteiger partial charge on any atom is 0.242 e. The minimum Gasteiger partial charge on any atom is -0.360 e. The van der Waals surface area contributed by atoms with Crippen molar-refractivity contribution in [2.24, 2.45) is 0 Å². The predicted molar refractivity (Wildman–Crippen MR) is 86.1 cm³/mol. The van der Waals surface area contributed by atoms with Crippen molar-refractivity contribution in [1.82, 2.24) is 19.6 Å². The first-order valence-electron chi connectivity index (χ1n) is 8.00. The standard InChI is InChI=1S/C16H23N5O2/c1-5-13(16(22)18-14-8-10(2)23-19-14)20-6-7-21-12(4)11(3)17-15(21)9-20/h8,13H,5-7,9H2,1-4H3,(H,18,19,22). The third-order valence-electron chi connectivity index (χ3n) is 4.50. The molecule has 0 aromatic carbocycles. The van der Waals surface area contributed by atoms with E-state index >= 15 is 0 Å². The van der Waals surface area contributed by atoms with Gasteiger partial charge in [0.2, 0.25) is 5.91 Å². The molecule has 3 rings (SSSR count). The van der Waals surface area contributed by atoms with Gasteiger partial charge in [-0.1, -0.05) is 12.1 Å². The number of hydrogen-bond donors (Lipinski definition) is 1. The molecule has 1 aliphatic rings. The SMILES string of the molecule is CCC(C(=O)Nc1cc(C)on1)N1CCn2c(nc(C)c2C)C1. The zero-order chi connectivity index (χ0) is 16.6. The van der Waals surface area contributed by atoms with Crippen molar-refractivity contribution in [3.8, 4) is 0 Å². The molecule has 124 valence electrons. The molecule has 1 N–H and O–H groups in total. The van der Waals surface area contributed by atoms with Crippen LogP contribution in [-0.4, -0.2) is 38.1 Å². The molecule has 0 saturated carbocycles. The number of aryl methyl sites for hydroxylation is 2. The molecule has 7 nitrogen and oxygen atoms in total. The molecule has 0 aliphatic carbocycles. The van der Waals surface area contributed by atoms with Crippen LogP contribution in [0.25, 0.3) is 0 Å². The van der Waals surface area contributed by atoms with Gasteiger partial charge in [0.05, 0.1) is 18.3 Å². The van der Waals surface area contributed by atoms with Gasteiger partial charge in [0.15, 0.2) is 5.82 Å². The monoisotopic (exact) mass is 317 g/mol. The summed E-state index contributed by atoms with van der Waals surface area (Å²) in [4.78, 5) is 19.4. The van der Waals surface area contributed by atoms with Gasteiger partial charge in [0, 0.05) is 24.8 Å². The van der Waals surface area contributed by atoms with Crippen LogP contribution in [0.15, 0.2) is 10.6 Å². The molecule has 1 unspecified atom stereocenters. The van der Waals surface area contributed by atoms with Gasteiger partial charge in [-0.25, -0.2) is 4.98 Å². The summed E-state index contributed by atoms with van der Waals surface area (Å²) in [5.74, 6) is 2.14. The Bertz CT molecular complexity index is 718. The summed E-state index contributed by atoms with van der Waals surface area (Å²) in [6.45, 7) is 10.4. The molecule has 3 heterocycles. The van der Waals surface area contributed by atoms with Crippen LogP contribution in [0.2, 0.25) is 0 Å². The number of hydrogen-bond acceptors (Lipinski definition) is 5. The number of rotatable bonds is 4. The van der Waals surface area contributed by atoms with Crippen LogP contribution in [0.4, 0.5) is 5.82 Å². The zero-order valence-corrected chi connectivity index (χ0v) is 14.1. The molecule has 1 aliphatic heterocycles. The Morgan fingerprint density at radius 3 is 2.83 bits per heavy atom. The molecule has 2 aromatic rings. The maximum absolute atomic E-state index is 12.6. The Kier molecular flexibility index (Phi) is 4.21. The van der Waals surface area contributed by atoms with Gasteiger partial charge in [-0.2, -0.15) is 0 Å². The van der Waals surface area contributed by atoms with E-state index < -0.39 is 0 Å². The molecule has 23 heavy (non-hydrogen) atoms. The van der Waals surface area contributed by atoms with Crippen LogP contribution < -0.4 is 5.32 Å². The first-order chi connectivity index (χ1) is 11.0. The number of fused-ring (bicyclic) bond motifs is 1. The summed E-state index contributed by atoms with van der Waals surface area (Å²) >= 11 is 0. The summed E-state index contributed by atoms with van der Waals surface area (Å²) < 4.78 is 7.24. The highest BCUT2D eigenvalue weighted by molar-refractivity contribution is 5.93. The van der Waals surface area contributed by atoms with Crippen LogP contribution >= 0.6 is 0 Å². The Balaban J connectivity index is 1.72. The van der Waals surface area contributed by atoms with Crippen LogP contribution in [0.5, 0.6) is 0 Å². The second-order valence-electron chi connectivity index (χ2n) is 6.06. The number of carbonyl (C=O) groups is 1. The number of nitrogens with one attached hydrogen (secondary N) is 1. The highest BCUT2D eigenvalue weighted by Gasteiger charge is 2.29. The quantitative estimate of drug-likeness (QED) is 0.934. The van der Waals surface area contributed by atoms with Crippen molar-refractivity contribution in [2.45, 2.75) is 53.2 Å². The van der Waals surface area contributed by atoms with Crippen LogP contribution in [0.3, 0.4) is 0 Å². The normalized spacial score (nSPS) is 16.2. The maximum atomic E-state index is 12.6. The van der Waals surface area contributed by atoms with Gasteiger partial charge < -0.3 is 14.4 Å². The minimum atomic E-state index is -0.196. The Hall–Kier alpha value is -2.15. The summed E-state index contributed by atoms with van der Waals surface area (Å²) in [5, 5.41) is 6.67. The van der Waals surface area contributed by atoms with E-state index in [9.17, 15) is 4.79 Å². The molecule has 0 spiro atoms. The molecule has 1 atom stereocenters. The zero-order valence-electron chi connectivity index (χ0n) is 14.1. The fraction of sp³-hybridized carbons (Fsp3) is 0.562. The molecule has 7 heteroatoms. The average molecular weight is 317 g/mol. The summed E-state index contributed by atoms with van der Waals surface area (Å²) in [6, 6.07) is 1.53. The van der Waals surface area contributed by atoms with Crippen molar-refractivity contribution < 1.29 is 9.32 Å². The van der Waals surface area contributed by atoms with E-state index in [1.807, 2.05) is 13.8 Å². The number of anilines is 1. The van der Waals surface area contributed by atoms with Crippen molar-refractivity contribution in [1.29, 1.82) is 0 Å². The van der Waals surface area contributed by atoms with Gasteiger partial charge in [-0.15, -0.1) is 0 Å². The van der Waals surface area contributed by atoms with E-state index in [1.165, 1.54) is 5.69 Å². The van der Waals surface area contributed by atoms with E-state index in [2.05, 4.69) is 31.8 Å². The first kappa shape index (κ1) is 15.7. The van der Waals surface area contributed by atoms with E-state index in [-0.39, 0.29) is 11.9 Å². The van der Waals surface area contributed by atoms with E-state index in [1.54, 1.807) is 13.0 Å². The molecule has 1 amide bonds. The van der Waals surface area contributed by atoms with Gasteiger partial charge >= 0.3 is 0 Å². The third-order valence-corrected chi connectivity index (χ3v) is 4.50. The second kappa shape index (κ2) is 6.16. The number of aromatic nitrogens is 3. The average Bonchev–Trinajstić information content (AvgIpc) is 3.04. The lowest BCUT2D eigenvalue weighted by Gasteiger charge is -2.33. The van der Waals surface area contributed by atoms with Gasteiger partial charge in [-0.3, -0.25) is 9.69 Å². The van der Waals surface area contributed by atoms with Crippen LogP contribution in [0, 0.1) is 20.8 Å². The van der Waals surface area contributed by atoms with E-state index in [4.69, 9.17) is 4.52 Å². The van der Waals surface area contributed by atoms with Gasteiger partial charge in [0.25, 0.3) is 0 Å². The molecule has 0 saturated heterocycles. The Morgan fingerprint density at radius 1 is 1.39 bits per heavy atom. The lowest BCUT2D eigenvalue weighted by atomic mass is 10.1. The summed E-state index contributed by atoms with van der Waals surface area (Å²) in [6.07, 6.45) is 0.737. The predicted octanol–water partition coefficient (Wildman–Crippen LogP) is 2.03. The van der Waals surface area contributed by atoms with Crippen LogP contribution in [0.1, 0.15) is 36.3 Å². The number of imidazole rings is 1. The van der Waals surface area contributed by atoms with Crippen LogP contribution in [-0.2, 0) is 17.9 Å². The smallest absolute Gasteiger partial charge is 0.242 e. The van der Waals surface area contributed by atoms with Crippen molar-refractivity contribution >= 4 is 11.7 Å². The van der Waals surface area contributed by atoms with Gasteiger partial charge in [-0.05, 0) is 27.2 Å². The molecule has 0 bridgehead atoms. The van der Waals surface area contributed by atoms with Gasteiger partial charge in [0.1, 0.15) is 11.6 Å². The number of carbonyl (C=O) groups excluding carboxylic acids is 1. The lowest BCUT2D eigenvalue weighted by molar-refractivity contribution is -0.122. The first-order valence-corrected chi connectivity index (χ1v) is 8.00. The van der Waals surface area contributed by atoms with E-state index in [0.717, 1.165) is 31.0 Å². The van der Waals surface area contributed by atoms with Crippen molar-refractivity contribution in [3.05, 3.63) is 29.0 Å². The lowest BCUT2D eigenvalue weighted by Crippen LogP contribution is -2.47. The summed E-state index contributed by atoms with van der Waals surface area (Å²) in [5.41, 5.74) is 2.28. The highest BCUT2D eigenvalue weighted by atomic mass is 16.5. The summed E-state index contributed by atoms with van der Waals surface area (Å²) in [7, 11) is 0. The topological polar surface area (TPSA) is 76.2 Å². The van der Waals surface area contributed by atoms with Crippen molar-refractivity contribution in [3.63, 3.8) is 0 Å². The molecular formula is C16H23N5O2. The number of amides is 1. The minimum absolute atomic E-state index is 0.0470. The molecule has 2 aromatic heterocycles. The molecule has 0 fully saturated rings. The molecular weight excluding hydrogens is 294 g/mol. The van der Waals surface area contributed by atoms with E-state index in [0.29, 0.717) is 18.1 Å². The second-order valence-corrected chi connectivity index (χ2v) is 6.06.